The van der Waals surface area contributed by atoms with Crippen molar-refractivity contribution in [2.75, 3.05) is 21.3 Å². The zero-order valence-corrected chi connectivity index (χ0v) is 11.3. The standard InChI is InChI=1S/C13H14N2O5/c1-18-7-4-9(19-2)11(10(5-7)20-3)12-14-6-8(15-12)13(16)17/h4-6H,1-3H3,(H,14,15)(H,16,17). The van der Waals surface area contributed by atoms with Crippen molar-refractivity contribution in [2.24, 2.45) is 0 Å². The van der Waals surface area contributed by atoms with E-state index >= 15 is 0 Å². The first-order valence-electron chi connectivity index (χ1n) is 5.69. The second-order valence-corrected chi connectivity index (χ2v) is 3.86. The van der Waals surface area contributed by atoms with Crippen LogP contribution in [-0.4, -0.2) is 42.4 Å². The number of carboxylic acid groups (broad SMARTS) is 1. The van der Waals surface area contributed by atoms with Crippen molar-refractivity contribution in [3.05, 3.63) is 24.0 Å². The molecular formula is C13H14N2O5. The summed E-state index contributed by atoms with van der Waals surface area (Å²) in [4.78, 5) is 17.6. The van der Waals surface area contributed by atoms with Gasteiger partial charge >= 0.3 is 5.97 Å². The Balaban J connectivity index is 2.61. The summed E-state index contributed by atoms with van der Waals surface area (Å²) in [5.41, 5.74) is 0.517. The summed E-state index contributed by atoms with van der Waals surface area (Å²) < 4.78 is 15.7. The molecule has 106 valence electrons. The molecule has 2 aromatic rings. The Hall–Kier alpha value is -2.70. The number of nitrogens with zero attached hydrogens (tertiary/aromatic N) is 1. The third kappa shape index (κ3) is 2.37. The first-order chi connectivity index (χ1) is 9.60. The maximum Gasteiger partial charge on any atom is 0.353 e. The largest absolute Gasteiger partial charge is 0.496 e. The maximum absolute atomic E-state index is 10.9. The van der Waals surface area contributed by atoms with Gasteiger partial charge in [-0.05, 0) is 0 Å². The molecule has 7 nitrogen and oxygen atoms in total. The van der Waals surface area contributed by atoms with Crippen LogP contribution < -0.4 is 14.2 Å². The van der Waals surface area contributed by atoms with E-state index in [1.807, 2.05) is 0 Å². The molecule has 0 aliphatic rings. The Bertz CT molecular complexity index is 610. The molecule has 1 aromatic heterocycles. The van der Waals surface area contributed by atoms with Gasteiger partial charge in [-0.15, -0.1) is 0 Å². The van der Waals surface area contributed by atoms with E-state index in [2.05, 4.69) is 9.97 Å². The molecule has 0 bridgehead atoms. The van der Waals surface area contributed by atoms with Crippen LogP contribution in [0.5, 0.6) is 17.2 Å². The molecule has 0 spiro atoms. The number of aromatic carboxylic acids is 1. The number of rotatable bonds is 5. The molecule has 2 N–H and O–H groups in total. The number of aromatic amines is 1. The van der Waals surface area contributed by atoms with Crippen LogP contribution in [0.25, 0.3) is 11.4 Å². The highest BCUT2D eigenvalue weighted by molar-refractivity contribution is 5.86. The van der Waals surface area contributed by atoms with Crippen molar-refractivity contribution < 1.29 is 24.1 Å². The lowest BCUT2D eigenvalue weighted by atomic mass is 10.1. The molecule has 0 aliphatic carbocycles. The molecule has 0 saturated heterocycles. The van der Waals surface area contributed by atoms with Gasteiger partial charge in [0.2, 0.25) is 0 Å². The van der Waals surface area contributed by atoms with Gasteiger partial charge in [0.05, 0.1) is 27.5 Å². The number of methoxy groups -OCH3 is 3. The van der Waals surface area contributed by atoms with Crippen LogP contribution in [0.2, 0.25) is 0 Å². The SMILES string of the molecule is COc1cc(OC)c(-c2ncc(C(=O)O)[nH]2)c(OC)c1. The Morgan fingerprint density at radius 1 is 1.15 bits per heavy atom. The van der Waals surface area contributed by atoms with Crippen molar-refractivity contribution >= 4 is 5.97 Å². The van der Waals surface area contributed by atoms with Gasteiger partial charge in [-0.2, -0.15) is 0 Å². The Labute approximate surface area is 115 Å². The molecule has 7 heteroatoms. The predicted molar refractivity (Wildman–Crippen MR) is 70.6 cm³/mol. The minimum absolute atomic E-state index is 0.0140. The van der Waals surface area contributed by atoms with Crippen LogP contribution in [0, 0.1) is 0 Å². The van der Waals surface area contributed by atoms with Gasteiger partial charge in [0, 0.05) is 12.1 Å². The Kier molecular flexibility index (Phi) is 3.79. The van der Waals surface area contributed by atoms with Gasteiger partial charge in [-0.25, -0.2) is 9.78 Å². The van der Waals surface area contributed by atoms with Crippen LogP contribution >= 0.6 is 0 Å². The summed E-state index contributed by atoms with van der Waals surface area (Å²) in [6, 6.07) is 3.33. The van der Waals surface area contributed by atoms with Gasteiger partial charge in [0.25, 0.3) is 0 Å². The highest BCUT2D eigenvalue weighted by Crippen LogP contribution is 2.40. The molecule has 1 aromatic carbocycles. The highest BCUT2D eigenvalue weighted by atomic mass is 16.5. The van der Waals surface area contributed by atoms with Crippen molar-refractivity contribution in [2.45, 2.75) is 0 Å². The second kappa shape index (κ2) is 5.52. The van der Waals surface area contributed by atoms with E-state index in [0.717, 1.165) is 0 Å². The van der Waals surface area contributed by atoms with Crippen molar-refractivity contribution in [3.8, 4) is 28.6 Å². The monoisotopic (exact) mass is 278 g/mol. The van der Waals surface area contributed by atoms with E-state index in [-0.39, 0.29) is 5.69 Å². The number of hydrogen-bond donors (Lipinski definition) is 2. The zero-order valence-electron chi connectivity index (χ0n) is 11.3. The number of imidazole rings is 1. The van der Waals surface area contributed by atoms with Gasteiger partial charge in [0.1, 0.15) is 34.3 Å². The normalized spacial score (nSPS) is 10.2. The number of nitrogens with one attached hydrogen (secondary N) is 1. The minimum atomic E-state index is -1.09. The summed E-state index contributed by atoms with van der Waals surface area (Å²) in [5, 5.41) is 8.93. The van der Waals surface area contributed by atoms with Gasteiger partial charge in [-0.3, -0.25) is 0 Å². The Morgan fingerprint density at radius 2 is 1.75 bits per heavy atom. The van der Waals surface area contributed by atoms with E-state index in [9.17, 15) is 4.79 Å². The summed E-state index contributed by atoms with van der Waals surface area (Å²) in [6.45, 7) is 0. The molecule has 0 amide bonds. The third-order valence-electron chi connectivity index (χ3n) is 2.76. The van der Waals surface area contributed by atoms with Crippen molar-refractivity contribution in [3.63, 3.8) is 0 Å². The van der Waals surface area contributed by atoms with Gasteiger partial charge < -0.3 is 24.3 Å². The molecule has 0 aliphatic heterocycles. The quantitative estimate of drug-likeness (QED) is 0.866. The van der Waals surface area contributed by atoms with Crippen LogP contribution in [0.3, 0.4) is 0 Å². The first kappa shape index (κ1) is 13.7. The van der Waals surface area contributed by atoms with E-state index in [1.54, 1.807) is 12.1 Å². The zero-order chi connectivity index (χ0) is 14.7. The fraction of sp³-hybridized carbons (Fsp3) is 0.231. The fourth-order valence-corrected chi connectivity index (χ4v) is 1.80. The average molecular weight is 278 g/mol. The van der Waals surface area contributed by atoms with E-state index in [4.69, 9.17) is 19.3 Å². The minimum Gasteiger partial charge on any atom is -0.496 e. The summed E-state index contributed by atoms with van der Waals surface area (Å²) in [6.07, 6.45) is 1.24. The highest BCUT2D eigenvalue weighted by Gasteiger charge is 2.19. The Morgan fingerprint density at radius 3 is 2.15 bits per heavy atom. The van der Waals surface area contributed by atoms with E-state index in [0.29, 0.717) is 28.6 Å². The number of benzene rings is 1. The van der Waals surface area contributed by atoms with E-state index in [1.165, 1.54) is 27.5 Å². The second-order valence-electron chi connectivity index (χ2n) is 3.86. The number of ether oxygens (including phenoxy) is 3. The van der Waals surface area contributed by atoms with Gasteiger partial charge in [-0.1, -0.05) is 0 Å². The number of aromatic nitrogens is 2. The fourth-order valence-electron chi connectivity index (χ4n) is 1.80. The molecule has 20 heavy (non-hydrogen) atoms. The molecule has 0 saturated carbocycles. The molecule has 0 atom stereocenters. The predicted octanol–water partition coefficient (Wildman–Crippen LogP) is 1.80. The topological polar surface area (TPSA) is 93.7 Å². The van der Waals surface area contributed by atoms with Crippen LogP contribution in [0.4, 0.5) is 0 Å². The summed E-state index contributed by atoms with van der Waals surface area (Å²) in [7, 11) is 4.53. The van der Waals surface area contributed by atoms with E-state index < -0.39 is 5.97 Å². The van der Waals surface area contributed by atoms with Crippen molar-refractivity contribution in [1.29, 1.82) is 0 Å². The number of carbonyl (C=O) groups is 1. The number of H-pyrrole nitrogens is 1. The summed E-state index contributed by atoms with van der Waals surface area (Å²) in [5.74, 6) is 0.751. The first-order valence-corrected chi connectivity index (χ1v) is 5.69. The van der Waals surface area contributed by atoms with Crippen LogP contribution in [-0.2, 0) is 0 Å². The number of carboxylic acids is 1. The van der Waals surface area contributed by atoms with Crippen LogP contribution in [0.1, 0.15) is 10.5 Å². The molecule has 0 unspecified atom stereocenters. The summed E-state index contributed by atoms with van der Waals surface area (Å²) >= 11 is 0. The smallest absolute Gasteiger partial charge is 0.353 e. The molecule has 0 radical (unpaired) electrons. The van der Waals surface area contributed by atoms with Crippen molar-refractivity contribution in [1.82, 2.24) is 9.97 Å². The number of hydrogen-bond acceptors (Lipinski definition) is 5. The van der Waals surface area contributed by atoms with Gasteiger partial charge in [0.15, 0.2) is 0 Å². The lowest BCUT2D eigenvalue weighted by Crippen LogP contribution is -1.98. The van der Waals surface area contributed by atoms with Crippen LogP contribution in [0.15, 0.2) is 18.3 Å². The average Bonchev–Trinajstić information content (AvgIpc) is 2.95. The lowest BCUT2D eigenvalue weighted by molar-refractivity contribution is 0.0691. The molecular weight excluding hydrogens is 264 g/mol. The maximum atomic E-state index is 10.9. The lowest BCUT2D eigenvalue weighted by Gasteiger charge is -2.13. The third-order valence-corrected chi connectivity index (χ3v) is 2.76. The molecule has 0 fully saturated rings. The molecule has 1 heterocycles. The molecule has 2 rings (SSSR count).